The molecule has 2 aromatic rings. The van der Waals surface area contributed by atoms with Gasteiger partial charge < -0.3 is 9.73 Å². The number of aromatic nitrogens is 1. The van der Waals surface area contributed by atoms with Gasteiger partial charge >= 0.3 is 0 Å². The number of hydrogen-bond donors (Lipinski definition) is 1. The molecule has 0 spiro atoms. The van der Waals surface area contributed by atoms with E-state index in [-0.39, 0.29) is 0 Å². The third-order valence-corrected chi connectivity index (χ3v) is 3.76. The molecule has 2 heterocycles. The first-order valence-corrected chi connectivity index (χ1v) is 6.48. The zero-order chi connectivity index (χ0) is 11.8. The van der Waals surface area contributed by atoms with Crippen LogP contribution < -0.4 is 5.32 Å². The average Bonchev–Trinajstić information content (AvgIpc) is 2.58. The summed E-state index contributed by atoms with van der Waals surface area (Å²) < 4.78 is 6.81. The van der Waals surface area contributed by atoms with Gasteiger partial charge in [-0.05, 0) is 13.0 Å². The first-order valence-electron chi connectivity index (χ1n) is 5.68. The van der Waals surface area contributed by atoms with E-state index >= 15 is 0 Å². The number of aryl methyl sites for hydroxylation is 1. The number of rotatable bonds is 2. The van der Waals surface area contributed by atoms with Crippen molar-refractivity contribution in [3.8, 4) is 11.3 Å². The lowest BCUT2D eigenvalue weighted by atomic mass is 10.0. The van der Waals surface area contributed by atoms with Crippen molar-refractivity contribution in [2.45, 2.75) is 12.8 Å². The average molecular weight is 293 g/mol. The molecule has 0 unspecified atom stereocenters. The quantitative estimate of drug-likeness (QED) is 0.924. The van der Waals surface area contributed by atoms with Gasteiger partial charge in [-0.25, -0.2) is 4.98 Å². The summed E-state index contributed by atoms with van der Waals surface area (Å²) in [6.45, 7) is 3.90. The number of benzene rings is 1. The molecule has 17 heavy (non-hydrogen) atoms. The molecule has 3 rings (SSSR count). The molecule has 4 heteroatoms. The van der Waals surface area contributed by atoms with Crippen LogP contribution in [0, 0.1) is 6.92 Å². The van der Waals surface area contributed by atoms with Crippen LogP contribution in [0.25, 0.3) is 11.3 Å². The molecule has 0 atom stereocenters. The molecule has 0 radical (unpaired) electrons. The molecular weight excluding hydrogens is 280 g/mol. The van der Waals surface area contributed by atoms with Crippen LogP contribution in [0.4, 0.5) is 0 Å². The highest BCUT2D eigenvalue weighted by Crippen LogP contribution is 2.32. The third-order valence-electron chi connectivity index (χ3n) is 3.07. The maximum atomic E-state index is 5.76. The highest BCUT2D eigenvalue weighted by atomic mass is 79.9. The summed E-state index contributed by atoms with van der Waals surface area (Å²) >= 11 is 3.55. The van der Waals surface area contributed by atoms with Gasteiger partial charge in [-0.15, -0.1) is 0 Å². The Balaban J connectivity index is 2.03. The molecule has 0 bridgehead atoms. The highest BCUT2D eigenvalue weighted by Gasteiger charge is 2.25. The lowest BCUT2D eigenvalue weighted by Gasteiger charge is -2.23. The van der Waals surface area contributed by atoms with Gasteiger partial charge in [0.15, 0.2) is 0 Å². The lowest BCUT2D eigenvalue weighted by molar-refractivity contribution is 0.350. The molecule has 0 saturated carbocycles. The molecule has 88 valence electrons. The van der Waals surface area contributed by atoms with Crippen LogP contribution >= 0.6 is 15.9 Å². The molecule has 1 N–H and O–H groups in total. The van der Waals surface area contributed by atoms with Crippen molar-refractivity contribution in [3.63, 3.8) is 0 Å². The summed E-state index contributed by atoms with van der Waals surface area (Å²) in [5, 5.41) is 3.23. The number of oxazole rings is 1. The Morgan fingerprint density at radius 3 is 2.76 bits per heavy atom. The van der Waals surface area contributed by atoms with Crippen molar-refractivity contribution in [1.29, 1.82) is 0 Å². The minimum absolute atomic E-state index is 0.435. The summed E-state index contributed by atoms with van der Waals surface area (Å²) in [7, 11) is 0. The Kier molecular flexibility index (Phi) is 2.76. The Morgan fingerprint density at radius 2 is 2.12 bits per heavy atom. The Bertz CT molecular complexity index is 546. The van der Waals surface area contributed by atoms with E-state index in [0.717, 1.165) is 40.5 Å². The first-order chi connectivity index (χ1) is 8.25. The number of nitrogens with one attached hydrogen (secondary N) is 1. The molecule has 1 fully saturated rings. The fraction of sp³-hybridized carbons (Fsp3) is 0.308. The van der Waals surface area contributed by atoms with Crippen molar-refractivity contribution < 1.29 is 4.42 Å². The monoisotopic (exact) mass is 292 g/mol. The van der Waals surface area contributed by atoms with E-state index in [1.165, 1.54) is 0 Å². The second-order valence-electron chi connectivity index (χ2n) is 4.29. The molecular formula is C13H13BrN2O. The Labute approximate surface area is 108 Å². The maximum absolute atomic E-state index is 5.76. The van der Waals surface area contributed by atoms with Gasteiger partial charge in [0.2, 0.25) is 5.89 Å². The molecule has 1 aromatic heterocycles. The minimum Gasteiger partial charge on any atom is -0.445 e. The normalized spacial score (nSPS) is 15.9. The van der Waals surface area contributed by atoms with Gasteiger partial charge in [0, 0.05) is 23.1 Å². The van der Waals surface area contributed by atoms with Crippen LogP contribution in [0.2, 0.25) is 0 Å². The van der Waals surface area contributed by atoms with E-state index in [0.29, 0.717) is 5.92 Å². The topological polar surface area (TPSA) is 38.1 Å². The van der Waals surface area contributed by atoms with Crippen molar-refractivity contribution in [1.82, 2.24) is 10.3 Å². The predicted octanol–water partition coefficient (Wildman–Crippen LogP) is 3.10. The smallest absolute Gasteiger partial charge is 0.200 e. The fourth-order valence-corrected chi connectivity index (χ4v) is 2.43. The summed E-state index contributed by atoms with van der Waals surface area (Å²) in [5.74, 6) is 2.18. The van der Waals surface area contributed by atoms with E-state index in [9.17, 15) is 0 Å². The SMILES string of the molecule is Cc1oc(C2CNC2)nc1-c1ccccc1Br. The van der Waals surface area contributed by atoms with Crippen molar-refractivity contribution >= 4 is 15.9 Å². The van der Waals surface area contributed by atoms with Crippen LogP contribution in [0.15, 0.2) is 33.2 Å². The van der Waals surface area contributed by atoms with Crippen molar-refractivity contribution in [3.05, 3.63) is 40.4 Å². The van der Waals surface area contributed by atoms with E-state index in [1.807, 2.05) is 25.1 Å². The summed E-state index contributed by atoms with van der Waals surface area (Å²) in [6, 6.07) is 8.09. The lowest BCUT2D eigenvalue weighted by Crippen LogP contribution is -2.40. The van der Waals surface area contributed by atoms with Crippen LogP contribution in [0.3, 0.4) is 0 Å². The van der Waals surface area contributed by atoms with Gasteiger partial charge in [0.1, 0.15) is 11.5 Å². The molecule has 1 aromatic carbocycles. The van der Waals surface area contributed by atoms with Gasteiger partial charge in [0.25, 0.3) is 0 Å². The third kappa shape index (κ3) is 1.91. The van der Waals surface area contributed by atoms with Crippen molar-refractivity contribution in [2.75, 3.05) is 13.1 Å². The Morgan fingerprint density at radius 1 is 1.35 bits per heavy atom. The van der Waals surface area contributed by atoms with Crippen molar-refractivity contribution in [2.24, 2.45) is 0 Å². The molecule has 1 saturated heterocycles. The predicted molar refractivity (Wildman–Crippen MR) is 70.0 cm³/mol. The number of hydrogen-bond acceptors (Lipinski definition) is 3. The van der Waals surface area contributed by atoms with Gasteiger partial charge in [0.05, 0.1) is 5.92 Å². The van der Waals surface area contributed by atoms with Crippen LogP contribution in [0.5, 0.6) is 0 Å². The first kappa shape index (κ1) is 11.0. The second-order valence-corrected chi connectivity index (χ2v) is 5.15. The van der Waals surface area contributed by atoms with Gasteiger partial charge in [-0.2, -0.15) is 0 Å². The van der Waals surface area contributed by atoms with Crippen LogP contribution in [-0.4, -0.2) is 18.1 Å². The molecule has 1 aliphatic heterocycles. The van der Waals surface area contributed by atoms with Gasteiger partial charge in [-0.1, -0.05) is 34.1 Å². The number of halogens is 1. The van der Waals surface area contributed by atoms with Crippen LogP contribution in [-0.2, 0) is 0 Å². The standard InChI is InChI=1S/C13H13BrN2O/c1-8-12(10-4-2-3-5-11(10)14)16-13(17-8)9-6-15-7-9/h2-5,9,15H,6-7H2,1H3. The molecule has 0 aliphatic carbocycles. The molecule has 3 nitrogen and oxygen atoms in total. The summed E-state index contributed by atoms with van der Waals surface area (Å²) in [4.78, 5) is 4.63. The van der Waals surface area contributed by atoms with Crippen LogP contribution in [0.1, 0.15) is 17.6 Å². The minimum atomic E-state index is 0.435. The second kappa shape index (κ2) is 4.27. The van der Waals surface area contributed by atoms with E-state index in [1.54, 1.807) is 0 Å². The summed E-state index contributed by atoms with van der Waals surface area (Å²) in [6.07, 6.45) is 0. The zero-order valence-electron chi connectivity index (χ0n) is 9.53. The summed E-state index contributed by atoms with van der Waals surface area (Å²) in [5.41, 5.74) is 2.03. The molecule has 0 amide bonds. The van der Waals surface area contributed by atoms with Gasteiger partial charge in [-0.3, -0.25) is 0 Å². The van der Waals surface area contributed by atoms with E-state index in [4.69, 9.17) is 4.42 Å². The van der Waals surface area contributed by atoms with E-state index < -0.39 is 0 Å². The Hall–Kier alpha value is -1.13. The maximum Gasteiger partial charge on any atom is 0.200 e. The highest BCUT2D eigenvalue weighted by molar-refractivity contribution is 9.10. The zero-order valence-corrected chi connectivity index (χ0v) is 11.1. The molecule has 1 aliphatic rings. The fourth-order valence-electron chi connectivity index (χ4n) is 1.96. The number of nitrogens with zero attached hydrogens (tertiary/aromatic N) is 1. The largest absolute Gasteiger partial charge is 0.445 e. The van der Waals surface area contributed by atoms with E-state index in [2.05, 4.69) is 32.3 Å².